The minimum Gasteiger partial charge on any atom is -0.493 e. The van der Waals surface area contributed by atoms with Gasteiger partial charge < -0.3 is 14.8 Å². The van der Waals surface area contributed by atoms with Gasteiger partial charge in [-0.1, -0.05) is 30.3 Å². The van der Waals surface area contributed by atoms with E-state index >= 15 is 0 Å². The highest BCUT2D eigenvalue weighted by atomic mass is 79.9. The first-order valence-corrected chi connectivity index (χ1v) is 12.4. The Hall–Kier alpha value is -2.64. The first-order valence-electron chi connectivity index (χ1n) is 11.6. The van der Waals surface area contributed by atoms with Gasteiger partial charge in [0, 0.05) is 31.2 Å². The minimum absolute atomic E-state index is 0.426. The van der Waals surface area contributed by atoms with Crippen molar-refractivity contribution in [1.29, 1.82) is 0 Å². The predicted molar refractivity (Wildman–Crippen MR) is 136 cm³/mol. The number of hydrogen-bond acceptors (Lipinski definition) is 6. The summed E-state index contributed by atoms with van der Waals surface area (Å²) in [6.45, 7) is 8.20. The van der Waals surface area contributed by atoms with E-state index in [1.807, 2.05) is 56.6 Å². The van der Waals surface area contributed by atoms with Crippen LogP contribution >= 0.6 is 15.9 Å². The van der Waals surface area contributed by atoms with Crippen molar-refractivity contribution in [3.8, 4) is 22.9 Å². The molecule has 2 aromatic carbocycles. The maximum absolute atomic E-state index is 5.81. The zero-order chi connectivity index (χ0) is 23.0. The van der Waals surface area contributed by atoms with Gasteiger partial charge in [-0.05, 0) is 60.3 Å². The van der Waals surface area contributed by atoms with Gasteiger partial charge in [-0.15, -0.1) is 0 Å². The number of aromatic nitrogens is 2. The van der Waals surface area contributed by atoms with Crippen molar-refractivity contribution in [1.82, 2.24) is 14.9 Å². The molecule has 6 nitrogen and oxygen atoms in total. The fourth-order valence-corrected chi connectivity index (χ4v) is 4.56. The van der Waals surface area contributed by atoms with Crippen LogP contribution < -0.4 is 14.8 Å². The van der Waals surface area contributed by atoms with Crippen LogP contribution in [-0.4, -0.2) is 47.2 Å². The second-order valence-corrected chi connectivity index (χ2v) is 8.92. The summed E-state index contributed by atoms with van der Waals surface area (Å²) in [5, 5.41) is 3.61. The number of likely N-dealkylation sites (tertiary alicyclic amines) is 1. The van der Waals surface area contributed by atoms with Crippen molar-refractivity contribution in [2.24, 2.45) is 0 Å². The monoisotopic (exact) mass is 510 g/mol. The lowest BCUT2D eigenvalue weighted by Gasteiger charge is -2.33. The molecule has 33 heavy (non-hydrogen) atoms. The topological polar surface area (TPSA) is 59.5 Å². The second kappa shape index (κ2) is 11.5. The zero-order valence-electron chi connectivity index (χ0n) is 19.3. The van der Waals surface area contributed by atoms with Crippen LogP contribution in [0.15, 0.2) is 59.3 Å². The zero-order valence-corrected chi connectivity index (χ0v) is 20.8. The summed E-state index contributed by atoms with van der Waals surface area (Å²) in [5.74, 6) is 2.44. The molecule has 1 aliphatic heterocycles. The van der Waals surface area contributed by atoms with Gasteiger partial charge in [-0.3, -0.25) is 4.90 Å². The van der Waals surface area contributed by atoms with Gasteiger partial charge in [0.2, 0.25) is 0 Å². The molecule has 1 aliphatic rings. The standard InChI is InChI=1S/C26H31BrN4O2/c1-3-32-23-14-19(15-24(25(23)27)33-4-2)18-31-12-10-21(11-13-31)30-22-16-28-26(29-17-22)20-8-6-5-7-9-20/h5-9,14-17,21,30H,3-4,10-13,18H2,1-2H3. The summed E-state index contributed by atoms with van der Waals surface area (Å²) >= 11 is 3.62. The lowest BCUT2D eigenvalue weighted by atomic mass is 10.0. The molecular formula is C26H31BrN4O2. The Bertz CT molecular complexity index is 995. The van der Waals surface area contributed by atoms with Crippen molar-refractivity contribution in [2.75, 3.05) is 31.6 Å². The third kappa shape index (κ3) is 6.24. The van der Waals surface area contributed by atoms with E-state index in [-0.39, 0.29) is 0 Å². The van der Waals surface area contributed by atoms with Gasteiger partial charge in [0.15, 0.2) is 5.82 Å². The molecule has 0 amide bonds. The van der Waals surface area contributed by atoms with E-state index in [4.69, 9.17) is 9.47 Å². The maximum Gasteiger partial charge on any atom is 0.159 e. The van der Waals surface area contributed by atoms with E-state index in [0.29, 0.717) is 19.3 Å². The van der Waals surface area contributed by atoms with Crippen molar-refractivity contribution in [3.63, 3.8) is 0 Å². The number of nitrogens with one attached hydrogen (secondary N) is 1. The SMILES string of the molecule is CCOc1cc(CN2CCC(Nc3cnc(-c4ccccc4)nc3)CC2)cc(OCC)c1Br. The number of halogens is 1. The maximum atomic E-state index is 5.81. The highest BCUT2D eigenvalue weighted by molar-refractivity contribution is 9.10. The van der Waals surface area contributed by atoms with E-state index in [2.05, 4.69) is 48.2 Å². The van der Waals surface area contributed by atoms with Crippen LogP contribution in [0.5, 0.6) is 11.5 Å². The van der Waals surface area contributed by atoms with E-state index < -0.39 is 0 Å². The smallest absolute Gasteiger partial charge is 0.159 e. The van der Waals surface area contributed by atoms with Crippen molar-refractivity contribution >= 4 is 21.6 Å². The Kier molecular flexibility index (Phi) is 8.18. The van der Waals surface area contributed by atoms with Crippen LogP contribution in [0.1, 0.15) is 32.3 Å². The van der Waals surface area contributed by atoms with Gasteiger partial charge in [0.05, 0.1) is 31.3 Å². The van der Waals surface area contributed by atoms with Gasteiger partial charge in [-0.25, -0.2) is 9.97 Å². The summed E-state index contributed by atoms with van der Waals surface area (Å²) in [6.07, 6.45) is 5.92. The fraction of sp³-hybridized carbons (Fsp3) is 0.385. The van der Waals surface area contributed by atoms with Crippen LogP contribution in [0, 0.1) is 0 Å². The molecule has 0 atom stereocenters. The van der Waals surface area contributed by atoms with Gasteiger partial charge in [0.25, 0.3) is 0 Å². The van der Waals surface area contributed by atoms with E-state index in [1.54, 1.807) is 0 Å². The molecule has 7 heteroatoms. The first kappa shape index (κ1) is 23.5. The lowest BCUT2D eigenvalue weighted by molar-refractivity contribution is 0.210. The molecule has 3 aromatic rings. The average Bonchev–Trinajstić information content (AvgIpc) is 2.84. The predicted octanol–water partition coefficient (Wildman–Crippen LogP) is 5.78. The molecule has 1 N–H and O–H groups in total. The summed E-state index contributed by atoms with van der Waals surface area (Å²) in [7, 11) is 0. The van der Waals surface area contributed by atoms with Crippen LogP contribution in [0.2, 0.25) is 0 Å². The Morgan fingerprint density at radius 3 is 2.15 bits per heavy atom. The number of ether oxygens (including phenoxy) is 2. The molecule has 0 saturated carbocycles. The Morgan fingerprint density at radius 1 is 0.970 bits per heavy atom. The Balaban J connectivity index is 1.32. The molecule has 4 rings (SSSR count). The van der Waals surface area contributed by atoms with E-state index in [0.717, 1.165) is 65.5 Å². The molecule has 1 fully saturated rings. The molecule has 0 bridgehead atoms. The second-order valence-electron chi connectivity index (χ2n) is 8.13. The number of rotatable bonds is 9. The number of nitrogens with zero attached hydrogens (tertiary/aromatic N) is 3. The minimum atomic E-state index is 0.426. The summed E-state index contributed by atoms with van der Waals surface area (Å²) < 4.78 is 12.5. The van der Waals surface area contributed by atoms with Gasteiger partial charge in [0.1, 0.15) is 16.0 Å². The molecule has 2 heterocycles. The van der Waals surface area contributed by atoms with Crippen molar-refractivity contribution in [2.45, 2.75) is 39.3 Å². The molecule has 0 spiro atoms. The van der Waals surface area contributed by atoms with E-state index in [1.165, 1.54) is 5.56 Å². The molecule has 0 unspecified atom stereocenters. The average molecular weight is 511 g/mol. The molecule has 174 valence electrons. The Morgan fingerprint density at radius 2 is 1.58 bits per heavy atom. The molecule has 1 aromatic heterocycles. The number of benzene rings is 2. The molecule has 0 aliphatic carbocycles. The number of anilines is 1. The van der Waals surface area contributed by atoms with Crippen LogP contribution in [0.25, 0.3) is 11.4 Å². The molecule has 0 radical (unpaired) electrons. The van der Waals surface area contributed by atoms with Crippen molar-refractivity contribution < 1.29 is 9.47 Å². The largest absolute Gasteiger partial charge is 0.493 e. The fourth-order valence-electron chi connectivity index (χ4n) is 4.11. The lowest BCUT2D eigenvalue weighted by Crippen LogP contribution is -2.38. The molecular weight excluding hydrogens is 480 g/mol. The third-order valence-corrected chi connectivity index (χ3v) is 6.50. The van der Waals surface area contributed by atoms with E-state index in [9.17, 15) is 0 Å². The summed E-state index contributed by atoms with van der Waals surface area (Å²) in [6, 6.07) is 14.7. The van der Waals surface area contributed by atoms with Gasteiger partial charge >= 0.3 is 0 Å². The van der Waals surface area contributed by atoms with Crippen molar-refractivity contribution in [3.05, 3.63) is 64.9 Å². The normalized spacial score (nSPS) is 14.8. The molecule has 1 saturated heterocycles. The first-order chi connectivity index (χ1) is 16.2. The highest BCUT2D eigenvalue weighted by Crippen LogP contribution is 2.36. The third-order valence-electron chi connectivity index (χ3n) is 5.71. The summed E-state index contributed by atoms with van der Waals surface area (Å²) in [5.41, 5.74) is 3.22. The number of hydrogen-bond donors (Lipinski definition) is 1. The van der Waals surface area contributed by atoms with Gasteiger partial charge in [-0.2, -0.15) is 0 Å². The quantitative estimate of drug-likeness (QED) is 0.393. The Labute approximate surface area is 204 Å². The summed E-state index contributed by atoms with van der Waals surface area (Å²) in [4.78, 5) is 11.5. The van der Waals surface area contributed by atoms with Crippen LogP contribution in [0.4, 0.5) is 5.69 Å². The number of piperidine rings is 1. The van der Waals surface area contributed by atoms with Crippen LogP contribution in [-0.2, 0) is 6.54 Å². The highest BCUT2D eigenvalue weighted by Gasteiger charge is 2.20. The van der Waals surface area contributed by atoms with Crippen LogP contribution in [0.3, 0.4) is 0 Å².